The summed E-state index contributed by atoms with van der Waals surface area (Å²) in [5.74, 6) is -1.71. The van der Waals surface area contributed by atoms with E-state index in [0.717, 1.165) is 13.8 Å². The predicted molar refractivity (Wildman–Crippen MR) is 74.8 cm³/mol. The van der Waals surface area contributed by atoms with Crippen LogP contribution < -0.4 is 0 Å². The third-order valence-corrected chi connectivity index (χ3v) is 1.91. The lowest BCUT2D eigenvalue weighted by molar-refractivity contribution is -0.141. The fourth-order valence-electron chi connectivity index (χ4n) is 1.17. The smallest absolute Gasteiger partial charge is 0.302 e. The molecular formula is C13H26O8. The monoisotopic (exact) mass is 310 g/mol. The van der Waals surface area contributed by atoms with Gasteiger partial charge in [0.05, 0.1) is 6.61 Å². The number of esters is 1. The molecule has 8 nitrogen and oxygen atoms in total. The van der Waals surface area contributed by atoms with Gasteiger partial charge < -0.3 is 25.2 Å². The van der Waals surface area contributed by atoms with Crippen molar-refractivity contribution in [2.45, 2.75) is 40.0 Å². The van der Waals surface area contributed by atoms with Gasteiger partial charge >= 0.3 is 5.97 Å². The topological polar surface area (TPSA) is 141 Å². The Bertz CT molecular complexity index is 251. The summed E-state index contributed by atoms with van der Waals surface area (Å²) in [5.41, 5.74) is 0. The maximum atomic E-state index is 10.4. The van der Waals surface area contributed by atoms with Crippen LogP contribution in [0.3, 0.4) is 0 Å². The molecule has 21 heavy (non-hydrogen) atoms. The molecule has 0 aromatic rings. The fourth-order valence-corrected chi connectivity index (χ4v) is 1.17. The van der Waals surface area contributed by atoms with E-state index in [9.17, 15) is 4.79 Å². The van der Waals surface area contributed by atoms with Gasteiger partial charge in [0.15, 0.2) is 0 Å². The summed E-state index contributed by atoms with van der Waals surface area (Å²) in [7, 11) is 0. The number of aliphatic hydroxyl groups is 2. The lowest BCUT2D eigenvalue weighted by Gasteiger charge is -2.13. The minimum atomic E-state index is -0.833. The highest BCUT2D eigenvalue weighted by molar-refractivity contribution is 5.65. The van der Waals surface area contributed by atoms with Crippen molar-refractivity contribution in [1.82, 2.24) is 0 Å². The Morgan fingerprint density at radius 2 is 1.19 bits per heavy atom. The van der Waals surface area contributed by atoms with E-state index in [4.69, 9.17) is 34.8 Å². The Hall–Kier alpha value is -1.67. The summed E-state index contributed by atoms with van der Waals surface area (Å²) in [5, 5.41) is 32.2. The molecule has 4 N–H and O–H groups in total. The molecule has 0 aliphatic carbocycles. The summed E-state index contributed by atoms with van der Waals surface area (Å²) < 4.78 is 4.76. The molecule has 0 spiro atoms. The van der Waals surface area contributed by atoms with E-state index in [1.165, 1.54) is 6.92 Å². The fraction of sp³-hybridized carbons (Fsp3) is 0.769. The average molecular weight is 310 g/mol. The highest BCUT2D eigenvalue weighted by Gasteiger charge is 2.07. The zero-order valence-electron chi connectivity index (χ0n) is 12.7. The van der Waals surface area contributed by atoms with Crippen LogP contribution in [0.1, 0.15) is 40.0 Å². The van der Waals surface area contributed by atoms with Crippen LogP contribution in [0.2, 0.25) is 0 Å². The molecule has 0 atom stereocenters. The third-order valence-electron chi connectivity index (χ3n) is 1.91. The quantitative estimate of drug-likeness (QED) is 0.498. The number of hydrogen-bond donors (Lipinski definition) is 4. The molecule has 0 radical (unpaired) electrons. The van der Waals surface area contributed by atoms with Gasteiger partial charge in [-0.1, -0.05) is 0 Å². The maximum absolute atomic E-state index is 10.4. The van der Waals surface area contributed by atoms with Crippen molar-refractivity contribution in [3.8, 4) is 0 Å². The van der Waals surface area contributed by atoms with Gasteiger partial charge in [-0.3, -0.25) is 14.4 Å². The van der Waals surface area contributed by atoms with E-state index in [0.29, 0.717) is 25.9 Å². The molecular weight excluding hydrogens is 284 g/mol. The number of aliphatic carboxylic acids is 2. The van der Waals surface area contributed by atoms with Crippen molar-refractivity contribution in [1.29, 1.82) is 0 Å². The molecule has 0 rings (SSSR count). The second kappa shape index (κ2) is 18.3. The Morgan fingerprint density at radius 1 is 0.857 bits per heavy atom. The van der Waals surface area contributed by atoms with Crippen LogP contribution in [0, 0.1) is 5.92 Å². The van der Waals surface area contributed by atoms with Crippen LogP contribution in [0.25, 0.3) is 0 Å². The van der Waals surface area contributed by atoms with Crippen LogP contribution >= 0.6 is 0 Å². The molecule has 0 saturated carbocycles. The first-order chi connectivity index (χ1) is 9.67. The number of ether oxygens (including phenoxy) is 1. The normalized spacial score (nSPS) is 8.86. The zero-order valence-corrected chi connectivity index (χ0v) is 12.7. The van der Waals surface area contributed by atoms with Crippen molar-refractivity contribution in [2.75, 3.05) is 19.8 Å². The molecule has 0 saturated heterocycles. The van der Waals surface area contributed by atoms with Crippen LogP contribution in [0.4, 0.5) is 0 Å². The Kier molecular flexibility index (Phi) is 21.3. The molecule has 0 amide bonds. The van der Waals surface area contributed by atoms with E-state index >= 15 is 0 Å². The molecule has 8 heteroatoms. The Morgan fingerprint density at radius 3 is 1.43 bits per heavy atom. The van der Waals surface area contributed by atoms with Gasteiger partial charge in [-0.05, 0) is 25.2 Å². The SMILES string of the molecule is CC(=O)O.CC(=O)O.CC(=O)OCCC(CCO)CCO. The molecule has 0 aromatic heterocycles. The highest BCUT2D eigenvalue weighted by Crippen LogP contribution is 2.12. The Labute approximate surface area is 124 Å². The van der Waals surface area contributed by atoms with Crippen molar-refractivity contribution in [3.63, 3.8) is 0 Å². The van der Waals surface area contributed by atoms with E-state index in [1.807, 2.05) is 0 Å². The molecule has 0 aliphatic rings. The number of rotatable bonds is 7. The second-order valence-electron chi connectivity index (χ2n) is 4.06. The number of carbonyl (C=O) groups excluding carboxylic acids is 1. The molecule has 0 heterocycles. The lowest BCUT2D eigenvalue weighted by atomic mass is 9.99. The van der Waals surface area contributed by atoms with Gasteiger partial charge in [0, 0.05) is 34.0 Å². The number of aliphatic hydroxyl groups excluding tert-OH is 2. The lowest BCUT2D eigenvalue weighted by Crippen LogP contribution is -2.10. The van der Waals surface area contributed by atoms with Crippen molar-refractivity contribution >= 4 is 17.9 Å². The first-order valence-electron chi connectivity index (χ1n) is 6.41. The van der Waals surface area contributed by atoms with Crippen molar-refractivity contribution in [2.24, 2.45) is 5.92 Å². The van der Waals surface area contributed by atoms with Crippen LogP contribution in [-0.4, -0.2) is 58.2 Å². The minimum absolute atomic E-state index is 0.116. The number of carboxylic acids is 2. The third kappa shape index (κ3) is 45.8. The second-order valence-corrected chi connectivity index (χ2v) is 4.06. The van der Waals surface area contributed by atoms with Gasteiger partial charge in [-0.15, -0.1) is 0 Å². The van der Waals surface area contributed by atoms with Gasteiger partial charge in [-0.2, -0.15) is 0 Å². The first kappa shape index (κ1) is 24.4. The van der Waals surface area contributed by atoms with E-state index in [2.05, 4.69) is 0 Å². The van der Waals surface area contributed by atoms with Gasteiger partial charge in [-0.25, -0.2) is 0 Å². The van der Waals surface area contributed by atoms with Crippen molar-refractivity contribution in [3.05, 3.63) is 0 Å². The van der Waals surface area contributed by atoms with Gasteiger partial charge in [0.2, 0.25) is 0 Å². The molecule has 0 aromatic carbocycles. The van der Waals surface area contributed by atoms with Crippen molar-refractivity contribution < 1.29 is 39.5 Å². The van der Waals surface area contributed by atoms with Crippen LogP contribution in [0.5, 0.6) is 0 Å². The molecule has 0 unspecified atom stereocenters. The van der Waals surface area contributed by atoms with Crippen LogP contribution in [0.15, 0.2) is 0 Å². The van der Waals surface area contributed by atoms with Crippen LogP contribution in [-0.2, 0) is 19.1 Å². The van der Waals surface area contributed by atoms with Gasteiger partial charge in [0.25, 0.3) is 11.9 Å². The summed E-state index contributed by atoms with van der Waals surface area (Å²) in [6, 6.07) is 0. The molecule has 0 aliphatic heterocycles. The summed E-state index contributed by atoms with van der Waals surface area (Å²) in [6.07, 6.45) is 2.02. The van der Waals surface area contributed by atoms with E-state index < -0.39 is 11.9 Å². The van der Waals surface area contributed by atoms with Gasteiger partial charge in [0.1, 0.15) is 0 Å². The zero-order chi connectivity index (χ0) is 17.3. The van der Waals surface area contributed by atoms with E-state index in [-0.39, 0.29) is 25.1 Å². The average Bonchev–Trinajstić information content (AvgIpc) is 2.27. The summed E-state index contributed by atoms with van der Waals surface area (Å²) in [4.78, 5) is 28.4. The molecule has 126 valence electrons. The highest BCUT2D eigenvalue weighted by atomic mass is 16.5. The van der Waals surface area contributed by atoms with E-state index in [1.54, 1.807) is 0 Å². The minimum Gasteiger partial charge on any atom is -0.481 e. The summed E-state index contributed by atoms with van der Waals surface area (Å²) >= 11 is 0. The molecule has 0 fully saturated rings. The standard InChI is InChI=1S/C9H18O4.2C2H4O2/c1-8(12)13-7-4-9(2-5-10)3-6-11;2*1-2(3)4/h9-11H,2-7H2,1H3;2*1H3,(H,3,4). The maximum Gasteiger partial charge on any atom is 0.302 e. The molecule has 0 bridgehead atoms. The largest absolute Gasteiger partial charge is 0.481 e. The number of carbonyl (C=O) groups is 3. The number of hydrogen-bond acceptors (Lipinski definition) is 6. The first-order valence-corrected chi connectivity index (χ1v) is 6.41. The summed E-state index contributed by atoms with van der Waals surface area (Å²) in [6.45, 7) is 4.14. The predicted octanol–water partition coefficient (Wildman–Crippen LogP) is 0.502. The number of carboxylic acid groups (broad SMARTS) is 2. The Balaban J connectivity index is -0.000000334.